The van der Waals surface area contributed by atoms with Crippen LogP contribution in [-0.2, 0) is 0 Å². The van der Waals surface area contributed by atoms with Crippen LogP contribution >= 0.6 is 0 Å². The number of hydrogen-bond donors (Lipinski definition) is 3. The smallest absolute Gasteiger partial charge is 0.319 e. The summed E-state index contributed by atoms with van der Waals surface area (Å²) in [6.45, 7) is 2.05. The zero-order valence-electron chi connectivity index (χ0n) is 16.6. The molecule has 1 aliphatic rings. The maximum atomic E-state index is 12.7. The predicted molar refractivity (Wildman–Crippen MR) is 110 cm³/mol. The molecular formula is C20H22N4O6. The number of urea groups is 1. The molecule has 0 aromatic heterocycles. The molecule has 3 amide bonds. The number of hydrogen-bond acceptors (Lipinski definition) is 6. The Bertz CT molecular complexity index is 957. The number of nitro benzene ring substituents is 1. The second-order valence-electron chi connectivity index (χ2n) is 6.61. The number of nitrogens with zero attached hydrogens (tertiary/aromatic N) is 1. The van der Waals surface area contributed by atoms with Crippen molar-refractivity contribution in [3.8, 4) is 11.5 Å². The number of rotatable bonds is 8. The number of benzene rings is 2. The molecule has 0 heterocycles. The lowest BCUT2D eigenvalue weighted by molar-refractivity contribution is -0.385. The number of carbonyl (C=O) groups is 2. The van der Waals surface area contributed by atoms with Crippen molar-refractivity contribution in [1.82, 2.24) is 5.32 Å². The Balaban J connectivity index is 1.75. The number of carbonyl (C=O) groups excluding carboxylic acids is 2. The van der Waals surface area contributed by atoms with Gasteiger partial charge in [-0.2, -0.15) is 0 Å². The molecule has 3 rings (SSSR count). The molecule has 0 saturated heterocycles. The first-order valence-corrected chi connectivity index (χ1v) is 9.39. The average Bonchev–Trinajstić information content (AvgIpc) is 3.53. The molecule has 0 unspecified atom stereocenters. The average molecular weight is 414 g/mol. The van der Waals surface area contributed by atoms with Crippen LogP contribution in [0.2, 0.25) is 0 Å². The van der Waals surface area contributed by atoms with Crippen LogP contribution in [0.5, 0.6) is 11.5 Å². The summed E-state index contributed by atoms with van der Waals surface area (Å²) in [5.74, 6) is -0.269. The topological polar surface area (TPSA) is 132 Å². The largest absolute Gasteiger partial charge is 0.493 e. The van der Waals surface area contributed by atoms with Crippen LogP contribution in [0.25, 0.3) is 0 Å². The number of amides is 3. The van der Waals surface area contributed by atoms with Crippen molar-refractivity contribution in [3.05, 3.63) is 52.1 Å². The highest BCUT2D eigenvalue weighted by atomic mass is 16.6. The summed E-state index contributed by atoms with van der Waals surface area (Å²) in [5, 5.41) is 19.5. The van der Waals surface area contributed by atoms with Gasteiger partial charge in [0.15, 0.2) is 11.5 Å². The number of ether oxygens (including phenoxy) is 2. The van der Waals surface area contributed by atoms with Crippen LogP contribution in [0.4, 0.5) is 21.9 Å². The Kier molecular flexibility index (Phi) is 6.35. The SMILES string of the molecule is CCOc1cc(C(=O)Nc2ccc(NC(=O)NC3CC3)cc2)c([N+](=O)[O-])cc1OC. The monoisotopic (exact) mass is 414 g/mol. The molecule has 3 N–H and O–H groups in total. The van der Waals surface area contributed by atoms with E-state index in [1.807, 2.05) is 0 Å². The molecule has 2 aromatic rings. The Labute approximate surface area is 172 Å². The van der Waals surface area contributed by atoms with Crippen molar-refractivity contribution in [3.63, 3.8) is 0 Å². The summed E-state index contributed by atoms with van der Waals surface area (Å²) in [4.78, 5) is 35.2. The van der Waals surface area contributed by atoms with E-state index in [-0.39, 0.29) is 29.1 Å². The summed E-state index contributed by atoms with van der Waals surface area (Å²) >= 11 is 0. The molecule has 1 fully saturated rings. The molecule has 0 spiro atoms. The molecule has 0 radical (unpaired) electrons. The third-order valence-electron chi connectivity index (χ3n) is 4.34. The Morgan fingerprint density at radius 2 is 1.73 bits per heavy atom. The maximum absolute atomic E-state index is 12.7. The minimum Gasteiger partial charge on any atom is -0.493 e. The van der Waals surface area contributed by atoms with Crippen LogP contribution in [0.1, 0.15) is 30.1 Å². The van der Waals surface area contributed by atoms with E-state index in [1.54, 1.807) is 31.2 Å². The second kappa shape index (κ2) is 9.12. The third kappa shape index (κ3) is 5.16. The molecule has 1 aliphatic carbocycles. The number of anilines is 2. The molecule has 30 heavy (non-hydrogen) atoms. The summed E-state index contributed by atoms with van der Waals surface area (Å²) in [6.07, 6.45) is 1.97. The van der Waals surface area contributed by atoms with Crippen LogP contribution in [-0.4, -0.2) is 36.6 Å². The second-order valence-corrected chi connectivity index (χ2v) is 6.61. The van der Waals surface area contributed by atoms with Gasteiger partial charge in [0.2, 0.25) is 0 Å². The quantitative estimate of drug-likeness (QED) is 0.447. The van der Waals surface area contributed by atoms with Crippen molar-refractivity contribution >= 4 is 29.0 Å². The van der Waals surface area contributed by atoms with Gasteiger partial charge in [0.1, 0.15) is 5.56 Å². The van der Waals surface area contributed by atoms with Gasteiger partial charge in [0.25, 0.3) is 11.6 Å². The molecule has 0 bridgehead atoms. The van der Waals surface area contributed by atoms with Gasteiger partial charge >= 0.3 is 6.03 Å². The van der Waals surface area contributed by atoms with Crippen molar-refractivity contribution in [2.45, 2.75) is 25.8 Å². The predicted octanol–water partition coefficient (Wildman–Crippen LogP) is 3.54. The van der Waals surface area contributed by atoms with E-state index in [0.29, 0.717) is 18.0 Å². The molecule has 1 saturated carbocycles. The van der Waals surface area contributed by atoms with E-state index in [4.69, 9.17) is 9.47 Å². The highest BCUT2D eigenvalue weighted by Gasteiger charge is 2.25. The van der Waals surface area contributed by atoms with Crippen molar-refractivity contribution in [2.75, 3.05) is 24.4 Å². The van der Waals surface area contributed by atoms with Crippen molar-refractivity contribution in [1.29, 1.82) is 0 Å². The highest BCUT2D eigenvalue weighted by molar-refractivity contribution is 6.07. The molecular weight excluding hydrogens is 392 g/mol. The Morgan fingerprint density at radius 3 is 2.27 bits per heavy atom. The number of nitrogens with one attached hydrogen (secondary N) is 3. The zero-order valence-corrected chi connectivity index (χ0v) is 16.6. The lowest BCUT2D eigenvalue weighted by Crippen LogP contribution is -2.30. The maximum Gasteiger partial charge on any atom is 0.319 e. The van der Waals surface area contributed by atoms with E-state index in [2.05, 4.69) is 16.0 Å². The van der Waals surface area contributed by atoms with Gasteiger partial charge in [0, 0.05) is 23.5 Å². The van der Waals surface area contributed by atoms with Gasteiger partial charge in [-0.15, -0.1) is 0 Å². The van der Waals surface area contributed by atoms with Crippen molar-refractivity contribution in [2.24, 2.45) is 0 Å². The van der Waals surface area contributed by atoms with E-state index in [1.165, 1.54) is 13.2 Å². The fourth-order valence-electron chi connectivity index (χ4n) is 2.73. The third-order valence-corrected chi connectivity index (χ3v) is 4.34. The van der Waals surface area contributed by atoms with E-state index in [0.717, 1.165) is 18.9 Å². The van der Waals surface area contributed by atoms with Crippen molar-refractivity contribution < 1.29 is 24.0 Å². The molecule has 2 aromatic carbocycles. The number of methoxy groups -OCH3 is 1. The minimum atomic E-state index is -0.669. The fourth-order valence-corrected chi connectivity index (χ4v) is 2.73. The first-order chi connectivity index (χ1) is 14.4. The first kappa shape index (κ1) is 20.9. The first-order valence-electron chi connectivity index (χ1n) is 9.39. The normalized spacial score (nSPS) is 12.6. The van der Waals surface area contributed by atoms with Crippen LogP contribution in [0.3, 0.4) is 0 Å². The Morgan fingerprint density at radius 1 is 1.10 bits per heavy atom. The number of nitro groups is 1. The fraction of sp³-hybridized carbons (Fsp3) is 0.300. The lowest BCUT2D eigenvalue weighted by atomic mass is 10.1. The molecule has 10 nitrogen and oxygen atoms in total. The minimum absolute atomic E-state index is 0.157. The molecule has 10 heteroatoms. The van der Waals surface area contributed by atoms with Crippen LogP contribution < -0.4 is 25.4 Å². The van der Waals surface area contributed by atoms with Crippen LogP contribution in [0, 0.1) is 10.1 Å². The summed E-state index contributed by atoms with van der Waals surface area (Å²) in [7, 11) is 1.36. The van der Waals surface area contributed by atoms with Gasteiger partial charge in [0.05, 0.1) is 24.7 Å². The van der Waals surface area contributed by atoms with Gasteiger partial charge < -0.3 is 25.4 Å². The zero-order chi connectivity index (χ0) is 21.7. The molecule has 158 valence electrons. The van der Waals surface area contributed by atoms with E-state index < -0.39 is 16.5 Å². The van der Waals surface area contributed by atoms with Crippen LogP contribution in [0.15, 0.2) is 36.4 Å². The standard InChI is InChI=1S/C20H22N4O6/c1-3-30-18-10-15(16(24(27)28)11-17(18)29-2)19(25)21-12-4-6-13(7-5-12)22-20(26)23-14-8-9-14/h4-7,10-11,14H,3,8-9H2,1-2H3,(H,21,25)(H2,22,23,26). The lowest BCUT2D eigenvalue weighted by Gasteiger charge is -2.12. The molecule has 0 atom stereocenters. The van der Waals surface area contributed by atoms with Gasteiger partial charge in [-0.25, -0.2) is 4.79 Å². The van der Waals surface area contributed by atoms with E-state index in [9.17, 15) is 19.7 Å². The molecule has 0 aliphatic heterocycles. The summed E-state index contributed by atoms with van der Waals surface area (Å²) in [5.41, 5.74) is 0.412. The summed E-state index contributed by atoms with van der Waals surface area (Å²) in [6, 6.07) is 8.82. The van der Waals surface area contributed by atoms with E-state index >= 15 is 0 Å². The van der Waals surface area contributed by atoms with Gasteiger partial charge in [-0.3, -0.25) is 14.9 Å². The van der Waals surface area contributed by atoms with Gasteiger partial charge in [-0.05, 0) is 44.0 Å². The Hall–Kier alpha value is -3.82. The summed E-state index contributed by atoms with van der Waals surface area (Å²) < 4.78 is 10.5. The highest BCUT2D eigenvalue weighted by Crippen LogP contribution is 2.35. The van der Waals surface area contributed by atoms with Gasteiger partial charge in [-0.1, -0.05) is 0 Å².